The van der Waals surface area contributed by atoms with Crippen molar-refractivity contribution < 1.29 is 9.78 Å². The maximum atomic E-state index is 7.01. The molecule has 0 spiro atoms. The molecule has 0 fully saturated rings. The van der Waals surface area contributed by atoms with Gasteiger partial charge in [-0.05, 0) is 36.1 Å². The Hall–Kier alpha value is -4.51. The van der Waals surface area contributed by atoms with Gasteiger partial charge in [0, 0.05) is 5.56 Å². The van der Waals surface area contributed by atoms with E-state index in [2.05, 4.69) is 86.6 Å². The van der Waals surface area contributed by atoms with E-state index in [0.29, 0.717) is 0 Å². The van der Waals surface area contributed by atoms with E-state index >= 15 is 0 Å². The highest BCUT2D eigenvalue weighted by atomic mass is 17.2. The number of hydrogen-bond donors (Lipinski definition) is 2. The molecule has 0 saturated heterocycles. The molecule has 39 heavy (non-hydrogen) atoms. The van der Waals surface area contributed by atoms with E-state index in [1.165, 1.54) is 11.1 Å². The molecular formula is C35H34N2O2. The van der Waals surface area contributed by atoms with E-state index in [4.69, 9.17) is 20.9 Å². The van der Waals surface area contributed by atoms with Crippen molar-refractivity contribution in [2.75, 3.05) is 0 Å². The minimum atomic E-state index is -0.317. The lowest BCUT2D eigenvalue weighted by molar-refractivity contribution is -0.340. The molecule has 3 N–H and O–H groups in total. The maximum Gasteiger partial charge on any atom is 0.143 e. The molecule has 5 rings (SSSR count). The van der Waals surface area contributed by atoms with Crippen molar-refractivity contribution in [1.29, 1.82) is 5.41 Å². The van der Waals surface area contributed by atoms with E-state index in [1.54, 1.807) is 0 Å². The van der Waals surface area contributed by atoms with Crippen molar-refractivity contribution in [2.24, 2.45) is 5.73 Å². The Bertz CT molecular complexity index is 1370. The summed E-state index contributed by atoms with van der Waals surface area (Å²) in [5.74, 6) is 0.121. The summed E-state index contributed by atoms with van der Waals surface area (Å²) >= 11 is 0. The minimum Gasteiger partial charge on any atom is -0.384 e. The second-order valence-corrected chi connectivity index (χ2v) is 9.38. The Kier molecular flexibility index (Phi) is 9.79. The number of amidine groups is 1. The zero-order valence-corrected chi connectivity index (χ0v) is 22.3. The Balaban J connectivity index is 0.000000333. The first-order chi connectivity index (χ1) is 19.0. The lowest BCUT2D eigenvalue weighted by Gasteiger charge is -2.23. The summed E-state index contributed by atoms with van der Waals surface area (Å²) in [4.78, 5) is 12.4. The van der Waals surface area contributed by atoms with Crippen molar-refractivity contribution in [3.05, 3.63) is 178 Å². The molecule has 5 aromatic carbocycles. The summed E-state index contributed by atoms with van der Waals surface area (Å²) in [6.45, 7) is 4.18. The molecule has 2 atom stereocenters. The first-order valence-electron chi connectivity index (χ1n) is 13.0. The van der Waals surface area contributed by atoms with Crippen LogP contribution in [0.3, 0.4) is 0 Å². The van der Waals surface area contributed by atoms with Crippen molar-refractivity contribution in [3.63, 3.8) is 0 Å². The molecule has 0 radical (unpaired) electrons. The van der Waals surface area contributed by atoms with Gasteiger partial charge in [-0.2, -0.15) is 0 Å². The van der Waals surface area contributed by atoms with Gasteiger partial charge in [-0.1, -0.05) is 151 Å². The average molecular weight is 515 g/mol. The molecule has 5 aromatic rings. The predicted molar refractivity (Wildman–Crippen MR) is 159 cm³/mol. The number of nitrogens with one attached hydrogen (secondary N) is 1. The molecule has 0 saturated carbocycles. The third-order valence-electron chi connectivity index (χ3n) is 6.23. The standard InChI is InChI=1S/C28H26O2.C7H8N2/c1-21-11-9-17-25(19-21)27(23-13-5-3-6-14-23)29-30-28(24-15-7-4-8-16-24)26-18-10-12-22(2)20-26;8-7(9)6-4-2-1-3-5-6/h3-20,27-28H,1-2H3;1-5H,(H3,8,9). The molecular weight excluding hydrogens is 480 g/mol. The Morgan fingerprint density at radius 1 is 0.513 bits per heavy atom. The van der Waals surface area contributed by atoms with Gasteiger partial charge in [0.2, 0.25) is 0 Å². The highest BCUT2D eigenvalue weighted by molar-refractivity contribution is 5.94. The van der Waals surface area contributed by atoms with Gasteiger partial charge < -0.3 is 5.73 Å². The number of rotatable bonds is 8. The van der Waals surface area contributed by atoms with Crippen LogP contribution in [0.5, 0.6) is 0 Å². The molecule has 4 heteroatoms. The summed E-state index contributed by atoms with van der Waals surface area (Å²) in [6, 6.07) is 46.4. The van der Waals surface area contributed by atoms with Crippen LogP contribution in [0, 0.1) is 19.3 Å². The van der Waals surface area contributed by atoms with E-state index in [0.717, 1.165) is 27.8 Å². The summed E-state index contributed by atoms with van der Waals surface area (Å²) in [5, 5.41) is 7.01. The third kappa shape index (κ3) is 7.99. The van der Waals surface area contributed by atoms with Crippen LogP contribution in [0.2, 0.25) is 0 Å². The molecule has 4 nitrogen and oxygen atoms in total. The Labute approximate surface area is 231 Å². The Morgan fingerprint density at radius 3 is 1.21 bits per heavy atom. The predicted octanol–water partition coefficient (Wildman–Crippen LogP) is 8.10. The average Bonchev–Trinajstić information content (AvgIpc) is 2.97. The number of nitrogens with two attached hydrogens (primary N) is 1. The van der Waals surface area contributed by atoms with E-state index in [-0.39, 0.29) is 18.0 Å². The molecule has 0 heterocycles. The molecule has 2 unspecified atom stereocenters. The fraction of sp³-hybridized carbons (Fsp3) is 0.114. The van der Waals surface area contributed by atoms with Gasteiger partial charge in [0.15, 0.2) is 0 Å². The molecule has 0 bridgehead atoms. The van der Waals surface area contributed by atoms with Gasteiger partial charge in [0.25, 0.3) is 0 Å². The lowest BCUT2D eigenvalue weighted by atomic mass is 9.99. The fourth-order valence-corrected chi connectivity index (χ4v) is 4.26. The van der Waals surface area contributed by atoms with Crippen LogP contribution in [0.4, 0.5) is 0 Å². The van der Waals surface area contributed by atoms with Crippen LogP contribution >= 0.6 is 0 Å². The zero-order valence-electron chi connectivity index (χ0n) is 22.3. The topological polar surface area (TPSA) is 68.3 Å². The largest absolute Gasteiger partial charge is 0.384 e. The van der Waals surface area contributed by atoms with Gasteiger partial charge in [-0.15, -0.1) is 0 Å². The Morgan fingerprint density at radius 2 is 0.872 bits per heavy atom. The van der Waals surface area contributed by atoms with Crippen LogP contribution in [-0.2, 0) is 9.78 Å². The number of nitrogen functional groups attached to an aromatic ring is 1. The van der Waals surface area contributed by atoms with Crippen LogP contribution < -0.4 is 5.73 Å². The van der Waals surface area contributed by atoms with Gasteiger partial charge in [-0.3, -0.25) is 5.41 Å². The molecule has 0 amide bonds. The van der Waals surface area contributed by atoms with Crippen molar-refractivity contribution >= 4 is 5.84 Å². The first-order valence-corrected chi connectivity index (χ1v) is 13.0. The molecule has 0 aliphatic heterocycles. The second-order valence-electron chi connectivity index (χ2n) is 9.38. The van der Waals surface area contributed by atoms with Crippen molar-refractivity contribution in [2.45, 2.75) is 26.1 Å². The molecule has 0 aromatic heterocycles. The normalized spacial score (nSPS) is 12.1. The first kappa shape index (κ1) is 27.5. The minimum absolute atomic E-state index is 0.121. The zero-order chi connectivity index (χ0) is 27.5. The number of aryl methyl sites for hydroxylation is 2. The van der Waals surface area contributed by atoms with Crippen LogP contribution in [0.25, 0.3) is 0 Å². The van der Waals surface area contributed by atoms with Crippen LogP contribution in [0.15, 0.2) is 140 Å². The highest BCUT2D eigenvalue weighted by Gasteiger charge is 2.22. The SMILES string of the molecule is Cc1cccc(C(OOC(c2ccccc2)c2cccc(C)c2)c2ccccc2)c1.N=C(N)c1ccccc1. The molecule has 0 aliphatic rings. The van der Waals surface area contributed by atoms with Crippen LogP contribution in [0.1, 0.15) is 51.2 Å². The van der Waals surface area contributed by atoms with Gasteiger partial charge in [0.1, 0.15) is 18.0 Å². The van der Waals surface area contributed by atoms with Gasteiger partial charge in [-0.25, -0.2) is 9.78 Å². The van der Waals surface area contributed by atoms with Crippen molar-refractivity contribution in [1.82, 2.24) is 0 Å². The second kappa shape index (κ2) is 13.9. The monoisotopic (exact) mass is 514 g/mol. The number of benzene rings is 5. The summed E-state index contributed by atoms with van der Waals surface area (Å²) in [5.41, 5.74) is 12.6. The van der Waals surface area contributed by atoms with E-state index in [1.807, 2.05) is 66.7 Å². The van der Waals surface area contributed by atoms with E-state index < -0.39 is 0 Å². The summed E-state index contributed by atoms with van der Waals surface area (Å²) < 4.78 is 0. The van der Waals surface area contributed by atoms with Crippen molar-refractivity contribution in [3.8, 4) is 0 Å². The van der Waals surface area contributed by atoms with Gasteiger partial charge in [0.05, 0.1) is 0 Å². The summed E-state index contributed by atoms with van der Waals surface area (Å²) in [6.07, 6.45) is -0.635. The third-order valence-corrected chi connectivity index (χ3v) is 6.23. The molecule has 0 aliphatic carbocycles. The highest BCUT2D eigenvalue weighted by Crippen LogP contribution is 2.32. The maximum absolute atomic E-state index is 7.01. The quantitative estimate of drug-likeness (QED) is 0.0951. The lowest BCUT2D eigenvalue weighted by Crippen LogP contribution is -2.12. The van der Waals surface area contributed by atoms with Gasteiger partial charge >= 0.3 is 0 Å². The van der Waals surface area contributed by atoms with Crippen LogP contribution in [-0.4, -0.2) is 5.84 Å². The fourth-order valence-electron chi connectivity index (χ4n) is 4.26. The smallest absolute Gasteiger partial charge is 0.143 e. The molecule has 196 valence electrons. The van der Waals surface area contributed by atoms with E-state index in [9.17, 15) is 0 Å². The summed E-state index contributed by atoms with van der Waals surface area (Å²) in [7, 11) is 0. The number of hydrogen-bond acceptors (Lipinski definition) is 3.